The molecule has 1 aliphatic heterocycles. The zero-order valence-electron chi connectivity index (χ0n) is 15.5. The first-order valence-corrected chi connectivity index (χ1v) is 9.97. The summed E-state index contributed by atoms with van der Waals surface area (Å²) in [5.74, 6) is -0.116. The van der Waals surface area contributed by atoms with Crippen molar-refractivity contribution in [3.63, 3.8) is 0 Å². The third-order valence-electron chi connectivity index (χ3n) is 5.10. The van der Waals surface area contributed by atoms with Crippen LogP contribution in [0, 0.1) is 19.7 Å². The van der Waals surface area contributed by atoms with Crippen LogP contribution in [0.1, 0.15) is 16.7 Å². The lowest BCUT2D eigenvalue weighted by Gasteiger charge is -2.34. The van der Waals surface area contributed by atoms with Gasteiger partial charge in [0.2, 0.25) is 5.91 Å². The van der Waals surface area contributed by atoms with Gasteiger partial charge in [0.1, 0.15) is 11.3 Å². The van der Waals surface area contributed by atoms with Gasteiger partial charge in [-0.1, -0.05) is 41.2 Å². The third kappa shape index (κ3) is 3.67. The fourth-order valence-corrected chi connectivity index (χ4v) is 4.54. The van der Waals surface area contributed by atoms with Crippen LogP contribution >= 0.6 is 11.3 Å². The van der Waals surface area contributed by atoms with Crippen molar-refractivity contribution in [3.8, 4) is 0 Å². The molecule has 4 rings (SSSR count). The maximum absolute atomic E-state index is 13.9. The number of para-hydroxylation sites is 1. The normalized spacial score (nSPS) is 14.8. The van der Waals surface area contributed by atoms with Gasteiger partial charge in [-0.15, -0.1) is 0 Å². The highest BCUT2D eigenvalue weighted by atomic mass is 32.1. The molecule has 1 aromatic heterocycles. The summed E-state index contributed by atoms with van der Waals surface area (Å²) in [5.41, 5.74) is 3.91. The zero-order chi connectivity index (χ0) is 19.0. The third-order valence-corrected chi connectivity index (χ3v) is 6.18. The zero-order valence-corrected chi connectivity index (χ0v) is 16.4. The summed E-state index contributed by atoms with van der Waals surface area (Å²) in [6.45, 7) is 6.90. The Morgan fingerprint density at radius 2 is 1.93 bits per heavy atom. The van der Waals surface area contributed by atoms with Gasteiger partial charge in [0.25, 0.3) is 0 Å². The van der Waals surface area contributed by atoms with Gasteiger partial charge in [0.15, 0.2) is 5.13 Å². The molecule has 0 N–H and O–H groups in total. The van der Waals surface area contributed by atoms with E-state index in [9.17, 15) is 9.18 Å². The molecule has 0 bridgehead atoms. The van der Waals surface area contributed by atoms with E-state index in [0.717, 1.165) is 28.5 Å². The molecule has 0 atom stereocenters. The van der Waals surface area contributed by atoms with Crippen molar-refractivity contribution in [1.82, 2.24) is 9.88 Å². The van der Waals surface area contributed by atoms with Crippen LogP contribution in [0.4, 0.5) is 9.52 Å². The van der Waals surface area contributed by atoms with E-state index in [2.05, 4.69) is 41.9 Å². The van der Waals surface area contributed by atoms with Crippen molar-refractivity contribution in [2.75, 3.05) is 31.1 Å². The number of fused-ring (bicyclic) bond motifs is 1. The Bertz CT molecular complexity index is 992. The predicted molar refractivity (Wildman–Crippen MR) is 108 cm³/mol. The fourth-order valence-electron chi connectivity index (χ4n) is 3.50. The summed E-state index contributed by atoms with van der Waals surface area (Å²) in [6.07, 6.45) is 0.443. The number of rotatable bonds is 3. The Labute approximate surface area is 162 Å². The number of thiazole rings is 1. The highest BCUT2D eigenvalue weighted by Crippen LogP contribution is 2.30. The topological polar surface area (TPSA) is 36.4 Å². The molecule has 0 spiro atoms. The predicted octanol–water partition coefficient (Wildman–Crippen LogP) is 3.94. The van der Waals surface area contributed by atoms with Crippen LogP contribution in [-0.2, 0) is 11.2 Å². The van der Waals surface area contributed by atoms with Crippen LogP contribution in [0.2, 0.25) is 0 Å². The second-order valence-corrected chi connectivity index (χ2v) is 8.07. The van der Waals surface area contributed by atoms with E-state index < -0.39 is 0 Å². The molecular weight excluding hydrogens is 361 g/mol. The number of anilines is 1. The summed E-state index contributed by atoms with van der Waals surface area (Å²) in [5, 5.41) is 0.830. The van der Waals surface area contributed by atoms with Crippen LogP contribution < -0.4 is 4.90 Å². The molecule has 1 aliphatic rings. The summed E-state index contributed by atoms with van der Waals surface area (Å²) < 4.78 is 14.7. The van der Waals surface area contributed by atoms with E-state index in [0.29, 0.717) is 25.0 Å². The van der Waals surface area contributed by atoms with E-state index >= 15 is 0 Å². The number of hydrogen-bond donors (Lipinski definition) is 0. The van der Waals surface area contributed by atoms with Gasteiger partial charge in [-0.2, -0.15) is 0 Å². The van der Waals surface area contributed by atoms with Gasteiger partial charge in [-0.05, 0) is 37.1 Å². The maximum atomic E-state index is 13.9. The highest BCUT2D eigenvalue weighted by Gasteiger charge is 2.23. The number of aromatic nitrogens is 1. The second kappa shape index (κ2) is 7.27. The number of halogens is 1. The molecule has 6 heteroatoms. The minimum Gasteiger partial charge on any atom is -0.345 e. The molecule has 2 aromatic carbocycles. The first-order chi connectivity index (χ1) is 13.0. The Hall–Kier alpha value is -2.47. The number of benzene rings is 2. The first-order valence-electron chi connectivity index (χ1n) is 9.15. The van der Waals surface area contributed by atoms with Crippen LogP contribution in [0.15, 0.2) is 36.4 Å². The van der Waals surface area contributed by atoms with Gasteiger partial charge in [-0.25, -0.2) is 9.37 Å². The monoisotopic (exact) mass is 383 g/mol. The Balaban J connectivity index is 1.40. The standard InChI is InChI=1S/C21H22FN3OS/c1-14-6-7-16(15(2)12-14)13-19(26)24-8-10-25(11-9-24)21-23-20-17(22)4-3-5-18(20)27-21/h3-7,12H,8-11,13H2,1-2H3. The SMILES string of the molecule is Cc1ccc(CC(=O)N2CCN(c3nc4c(F)cccc4s3)CC2)c(C)c1. The molecule has 1 amide bonds. The fraction of sp³-hybridized carbons (Fsp3) is 0.333. The molecular formula is C21H22FN3OS. The molecule has 2 heterocycles. The van der Waals surface area contributed by atoms with E-state index in [4.69, 9.17) is 0 Å². The summed E-state index contributed by atoms with van der Waals surface area (Å²) in [7, 11) is 0. The average molecular weight is 383 g/mol. The molecule has 140 valence electrons. The first kappa shape index (κ1) is 17.9. The maximum Gasteiger partial charge on any atom is 0.227 e. The van der Waals surface area contributed by atoms with Gasteiger partial charge in [0.05, 0.1) is 11.1 Å². The number of amides is 1. The van der Waals surface area contributed by atoms with Crippen LogP contribution in [0.25, 0.3) is 10.2 Å². The number of carbonyl (C=O) groups is 1. The van der Waals surface area contributed by atoms with E-state index in [1.54, 1.807) is 6.07 Å². The smallest absolute Gasteiger partial charge is 0.227 e. The quantitative estimate of drug-likeness (QED) is 0.687. The number of piperazine rings is 1. The van der Waals surface area contributed by atoms with Crippen LogP contribution in [0.3, 0.4) is 0 Å². The molecule has 4 nitrogen and oxygen atoms in total. The lowest BCUT2D eigenvalue weighted by molar-refractivity contribution is -0.130. The number of hydrogen-bond acceptors (Lipinski definition) is 4. The molecule has 27 heavy (non-hydrogen) atoms. The molecule has 0 unspecified atom stereocenters. The Morgan fingerprint density at radius 1 is 1.15 bits per heavy atom. The van der Waals surface area contributed by atoms with Gasteiger partial charge in [0, 0.05) is 26.2 Å². The lowest BCUT2D eigenvalue weighted by Crippen LogP contribution is -2.49. The van der Waals surface area contributed by atoms with Crippen molar-refractivity contribution in [1.29, 1.82) is 0 Å². The van der Waals surface area contributed by atoms with Gasteiger partial charge in [-0.3, -0.25) is 4.79 Å². The van der Waals surface area contributed by atoms with Crippen LogP contribution in [0.5, 0.6) is 0 Å². The largest absolute Gasteiger partial charge is 0.345 e. The second-order valence-electron chi connectivity index (χ2n) is 7.06. The van der Waals surface area contributed by atoms with Crippen molar-refractivity contribution < 1.29 is 9.18 Å². The lowest BCUT2D eigenvalue weighted by atomic mass is 10.0. The van der Waals surface area contributed by atoms with Crippen LogP contribution in [-0.4, -0.2) is 42.0 Å². The molecule has 0 aliphatic carbocycles. The summed E-state index contributed by atoms with van der Waals surface area (Å²) in [4.78, 5) is 21.2. The molecule has 3 aromatic rings. The highest BCUT2D eigenvalue weighted by molar-refractivity contribution is 7.22. The minimum atomic E-state index is -0.280. The van der Waals surface area contributed by atoms with Crippen molar-refractivity contribution in [2.24, 2.45) is 0 Å². The summed E-state index contributed by atoms with van der Waals surface area (Å²) in [6, 6.07) is 11.3. The van der Waals surface area contributed by atoms with Crippen molar-refractivity contribution in [2.45, 2.75) is 20.3 Å². The minimum absolute atomic E-state index is 0.164. The van der Waals surface area contributed by atoms with E-state index in [1.807, 2.05) is 11.0 Å². The number of aryl methyl sites for hydroxylation is 2. The Morgan fingerprint density at radius 3 is 2.63 bits per heavy atom. The van der Waals surface area contributed by atoms with Crippen molar-refractivity contribution >= 4 is 32.6 Å². The Kier molecular flexibility index (Phi) is 4.83. The van der Waals surface area contributed by atoms with E-state index in [-0.39, 0.29) is 11.7 Å². The molecule has 1 saturated heterocycles. The number of carbonyl (C=O) groups excluding carboxylic acids is 1. The average Bonchev–Trinajstić information content (AvgIpc) is 3.10. The molecule has 0 saturated carbocycles. The van der Waals surface area contributed by atoms with Gasteiger partial charge >= 0.3 is 0 Å². The van der Waals surface area contributed by atoms with Crippen molar-refractivity contribution in [3.05, 3.63) is 58.9 Å². The van der Waals surface area contributed by atoms with E-state index in [1.165, 1.54) is 28.5 Å². The summed E-state index contributed by atoms with van der Waals surface area (Å²) >= 11 is 1.50. The molecule has 0 radical (unpaired) electrons. The van der Waals surface area contributed by atoms with Gasteiger partial charge < -0.3 is 9.80 Å². The number of nitrogens with zero attached hydrogens (tertiary/aromatic N) is 3. The molecule has 1 fully saturated rings.